The second-order valence-electron chi connectivity index (χ2n) is 3.33. The van der Waals surface area contributed by atoms with Gasteiger partial charge in [-0.1, -0.05) is 13.3 Å². The zero-order valence-electron chi connectivity index (χ0n) is 8.48. The van der Waals surface area contributed by atoms with Crippen LogP contribution in [-0.4, -0.2) is 9.97 Å². The van der Waals surface area contributed by atoms with Crippen LogP contribution in [0, 0.1) is 18.6 Å². The van der Waals surface area contributed by atoms with Gasteiger partial charge in [-0.25, -0.2) is 4.98 Å². The maximum absolute atomic E-state index is 4.99. The molecule has 1 aromatic rings. The van der Waals surface area contributed by atoms with Crippen LogP contribution in [0.4, 0.5) is 0 Å². The van der Waals surface area contributed by atoms with Crippen LogP contribution in [-0.2, 0) is 6.42 Å². The van der Waals surface area contributed by atoms with E-state index in [2.05, 4.69) is 23.8 Å². The van der Waals surface area contributed by atoms with Gasteiger partial charge in [0.2, 0.25) is 0 Å². The highest BCUT2D eigenvalue weighted by Crippen LogP contribution is 2.12. The summed E-state index contributed by atoms with van der Waals surface area (Å²) in [5.74, 6) is 0. The highest BCUT2D eigenvalue weighted by molar-refractivity contribution is 7.71. The number of hydrogen-bond acceptors (Lipinski definition) is 2. The summed E-state index contributed by atoms with van der Waals surface area (Å²) in [5.41, 5.74) is 3.58. The molecule has 0 amide bonds. The Hall–Kier alpha value is -0.700. The second kappa shape index (κ2) is 4.51. The summed E-state index contributed by atoms with van der Waals surface area (Å²) >= 11 is 4.99. The number of aromatic nitrogens is 2. The Labute approximate surface area is 84.4 Å². The average Bonchev–Trinajstić information content (AvgIpc) is 2.02. The van der Waals surface area contributed by atoms with Crippen molar-refractivity contribution in [3.63, 3.8) is 0 Å². The summed E-state index contributed by atoms with van der Waals surface area (Å²) < 4.78 is 0.593. The molecule has 72 valence electrons. The van der Waals surface area contributed by atoms with Gasteiger partial charge >= 0.3 is 0 Å². The number of rotatable bonds is 3. The molecule has 0 atom stereocenters. The van der Waals surface area contributed by atoms with Crippen LogP contribution in [0.3, 0.4) is 0 Å². The van der Waals surface area contributed by atoms with Crippen LogP contribution in [0.15, 0.2) is 0 Å². The fraction of sp³-hybridized carbons (Fsp3) is 0.600. The molecule has 0 fully saturated rings. The molecule has 0 saturated heterocycles. The first-order valence-electron chi connectivity index (χ1n) is 4.71. The van der Waals surface area contributed by atoms with Crippen LogP contribution in [0.2, 0.25) is 0 Å². The summed E-state index contributed by atoms with van der Waals surface area (Å²) in [6.07, 6.45) is 3.54. The molecular formula is C10H16N2S. The van der Waals surface area contributed by atoms with Crippen molar-refractivity contribution in [3.05, 3.63) is 21.7 Å². The summed E-state index contributed by atoms with van der Waals surface area (Å²) in [4.78, 5) is 7.34. The van der Waals surface area contributed by atoms with E-state index < -0.39 is 0 Å². The van der Waals surface area contributed by atoms with Crippen molar-refractivity contribution in [2.75, 3.05) is 0 Å². The number of hydrogen-bond donors (Lipinski definition) is 1. The predicted molar refractivity (Wildman–Crippen MR) is 57.5 cm³/mol. The summed E-state index contributed by atoms with van der Waals surface area (Å²) in [6, 6.07) is 0. The van der Waals surface area contributed by atoms with E-state index in [-0.39, 0.29) is 0 Å². The maximum Gasteiger partial charge on any atom is 0.197 e. The van der Waals surface area contributed by atoms with E-state index in [0.717, 1.165) is 12.1 Å². The van der Waals surface area contributed by atoms with Gasteiger partial charge in [0, 0.05) is 11.4 Å². The molecule has 1 aromatic heterocycles. The molecule has 0 spiro atoms. The van der Waals surface area contributed by atoms with E-state index in [9.17, 15) is 0 Å². The quantitative estimate of drug-likeness (QED) is 0.752. The van der Waals surface area contributed by atoms with Crippen molar-refractivity contribution < 1.29 is 0 Å². The Morgan fingerprint density at radius 3 is 2.62 bits per heavy atom. The van der Waals surface area contributed by atoms with Crippen molar-refractivity contribution in [1.29, 1.82) is 0 Å². The lowest BCUT2D eigenvalue weighted by Crippen LogP contribution is -2.00. The molecule has 0 bridgehead atoms. The largest absolute Gasteiger partial charge is 0.335 e. The van der Waals surface area contributed by atoms with Crippen LogP contribution < -0.4 is 0 Å². The Bertz CT molecular complexity index is 315. The van der Waals surface area contributed by atoms with Crippen LogP contribution >= 0.6 is 12.2 Å². The molecule has 2 nitrogen and oxygen atoms in total. The zero-order chi connectivity index (χ0) is 9.84. The van der Waals surface area contributed by atoms with E-state index in [0.29, 0.717) is 4.77 Å². The SMILES string of the molecule is CCCCc1c(C)nc(=S)[nH]c1C. The number of unbranched alkanes of at least 4 members (excludes halogenated alkanes) is 1. The van der Waals surface area contributed by atoms with Gasteiger partial charge in [-0.2, -0.15) is 0 Å². The van der Waals surface area contributed by atoms with Gasteiger partial charge in [0.1, 0.15) is 0 Å². The predicted octanol–water partition coefficient (Wildman–Crippen LogP) is 3.10. The van der Waals surface area contributed by atoms with Gasteiger partial charge in [-0.3, -0.25) is 0 Å². The summed E-state index contributed by atoms with van der Waals surface area (Å²) in [6.45, 7) is 6.29. The molecule has 3 heteroatoms. The molecule has 1 heterocycles. The Kier molecular flexibility index (Phi) is 3.60. The van der Waals surface area contributed by atoms with Crippen molar-refractivity contribution in [2.24, 2.45) is 0 Å². The smallest absolute Gasteiger partial charge is 0.197 e. The van der Waals surface area contributed by atoms with E-state index in [4.69, 9.17) is 12.2 Å². The minimum Gasteiger partial charge on any atom is -0.335 e. The van der Waals surface area contributed by atoms with E-state index in [1.165, 1.54) is 24.1 Å². The third-order valence-corrected chi connectivity index (χ3v) is 2.43. The molecule has 1 N–H and O–H groups in total. The normalized spacial score (nSPS) is 10.4. The van der Waals surface area contributed by atoms with Crippen molar-refractivity contribution in [3.8, 4) is 0 Å². The topological polar surface area (TPSA) is 28.7 Å². The number of aryl methyl sites for hydroxylation is 2. The van der Waals surface area contributed by atoms with E-state index >= 15 is 0 Å². The first kappa shape index (κ1) is 10.4. The van der Waals surface area contributed by atoms with Gasteiger partial charge in [0.15, 0.2) is 4.77 Å². The molecule has 0 aliphatic carbocycles. The Morgan fingerprint density at radius 1 is 1.38 bits per heavy atom. The van der Waals surface area contributed by atoms with Gasteiger partial charge < -0.3 is 4.98 Å². The fourth-order valence-corrected chi connectivity index (χ4v) is 1.77. The highest BCUT2D eigenvalue weighted by Gasteiger charge is 2.03. The van der Waals surface area contributed by atoms with Gasteiger partial charge in [0.05, 0.1) is 0 Å². The van der Waals surface area contributed by atoms with E-state index in [1.54, 1.807) is 0 Å². The minimum atomic E-state index is 0.593. The third kappa shape index (κ3) is 2.62. The molecule has 0 aliphatic rings. The molecule has 0 radical (unpaired) electrons. The monoisotopic (exact) mass is 196 g/mol. The van der Waals surface area contributed by atoms with Gasteiger partial charge in [-0.05, 0) is 44.5 Å². The molecule has 0 saturated carbocycles. The lowest BCUT2D eigenvalue weighted by molar-refractivity contribution is 0.772. The summed E-state index contributed by atoms with van der Waals surface area (Å²) in [5, 5.41) is 0. The summed E-state index contributed by atoms with van der Waals surface area (Å²) in [7, 11) is 0. The molecular weight excluding hydrogens is 180 g/mol. The Balaban J connectivity index is 2.99. The molecule has 0 unspecified atom stereocenters. The number of H-pyrrole nitrogens is 1. The lowest BCUT2D eigenvalue weighted by Gasteiger charge is -2.07. The lowest BCUT2D eigenvalue weighted by atomic mass is 10.1. The average molecular weight is 196 g/mol. The zero-order valence-corrected chi connectivity index (χ0v) is 9.29. The maximum atomic E-state index is 4.99. The van der Waals surface area contributed by atoms with Crippen LogP contribution in [0.25, 0.3) is 0 Å². The molecule has 13 heavy (non-hydrogen) atoms. The highest BCUT2D eigenvalue weighted by atomic mass is 32.1. The van der Waals surface area contributed by atoms with Crippen LogP contribution in [0.5, 0.6) is 0 Å². The first-order valence-corrected chi connectivity index (χ1v) is 5.12. The number of nitrogens with one attached hydrogen (secondary N) is 1. The molecule has 1 rings (SSSR count). The molecule has 0 aromatic carbocycles. The standard InChI is InChI=1S/C10H16N2S/c1-4-5-6-9-7(2)11-10(13)12-8(9)3/h4-6H2,1-3H3,(H,11,12,13). The van der Waals surface area contributed by atoms with Crippen molar-refractivity contribution in [1.82, 2.24) is 9.97 Å². The van der Waals surface area contributed by atoms with E-state index in [1.807, 2.05) is 6.92 Å². The molecule has 0 aliphatic heterocycles. The first-order chi connectivity index (χ1) is 6.15. The van der Waals surface area contributed by atoms with Crippen molar-refractivity contribution in [2.45, 2.75) is 40.0 Å². The Morgan fingerprint density at radius 2 is 2.08 bits per heavy atom. The third-order valence-electron chi connectivity index (χ3n) is 2.23. The number of aromatic amines is 1. The van der Waals surface area contributed by atoms with Crippen molar-refractivity contribution >= 4 is 12.2 Å². The number of nitrogens with zero attached hydrogens (tertiary/aromatic N) is 1. The van der Waals surface area contributed by atoms with Gasteiger partial charge in [0.25, 0.3) is 0 Å². The van der Waals surface area contributed by atoms with Gasteiger partial charge in [-0.15, -0.1) is 0 Å². The minimum absolute atomic E-state index is 0.593. The second-order valence-corrected chi connectivity index (χ2v) is 3.72. The van der Waals surface area contributed by atoms with Crippen LogP contribution in [0.1, 0.15) is 36.7 Å². The fourth-order valence-electron chi connectivity index (χ4n) is 1.48.